The summed E-state index contributed by atoms with van der Waals surface area (Å²) in [6.45, 7) is 0. The molecule has 0 fully saturated rings. The first-order chi connectivity index (χ1) is 12.0. The molecule has 0 saturated heterocycles. The Morgan fingerprint density at radius 1 is 1.24 bits per heavy atom. The van der Waals surface area contributed by atoms with Crippen LogP contribution in [0.3, 0.4) is 0 Å². The molecule has 0 unspecified atom stereocenters. The number of nitrogens with two attached hydrogens (primary N) is 1. The third-order valence-electron chi connectivity index (χ3n) is 3.33. The number of rotatable bonds is 6. The number of nitro benzene ring substituents is 1. The number of benzene rings is 2. The molecular weight excluding hydrogens is 344 g/mol. The van der Waals surface area contributed by atoms with E-state index in [1.807, 2.05) is 24.3 Å². The summed E-state index contributed by atoms with van der Waals surface area (Å²) in [6, 6.07) is 11.8. The molecule has 9 heteroatoms. The van der Waals surface area contributed by atoms with Crippen LogP contribution in [0.25, 0.3) is 11.5 Å². The van der Waals surface area contributed by atoms with Crippen molar-refractivity contribution in [2.75, 3.05) is 12.8 Å². The van der Waals surface area contributed by atoms with Gasteiger partial charge < -0.3 is 14.9 Å². The van der Waals surface area contributed by atoms with E-state index in [9.17, 15) is 10.1 Å². The van der Waals surface area contributed by atoms with Gasteiger partial charge in [0.25, 0.3) is 10.9 Å². The molecule has 1 heterocycles. The molecular formula is C16H14N4O4S. The number of anilines is 1. The third kappa shape index (κ3) is 4.07. The Morgan fingerprint density at radius 3 is 2.68 bits per heavy atom. The van der Waals surface area contributed by atoms with E-state index in [0.29, 0.717) is 16.5 Å². The number of methoxy groups -OCH3 is 1. The van der Waals surface area contributed by atoms with Crippen LogP contribution >= 0.6 is 11.8 Å². The summed E-state index contributed by atoms with van der Waals surface area (Å²) in [5, 5.41) is 19.2. The summed E-state index contributed by atoms with van der Waals surface area (Å²) >= 11 is 1.37. The molecule has 0 saturated carbocycles. The van der Waals surface area contributed by atoms with Crippen molar-refractivity contribution < 1.29 is 14.1 Å². The molecule has 0 amide bonds. The van der Waals surface area contributed by atoms with E-state index >= 15 is 0 Å². The SMILES string of the molecule is COc1ccc(CSc2nnc(-c3cc(N)cc([N+](=O)[O-])c3)o2)cc1. The molecule has 0 aliphatic carbocycles. The maximum Gasteiger partial charge on any atom is 0.277 e. The quantitative estimate of drug-likeness (QED) is 0.308. The molecule has 1 aromatic heterocycles. The van der Waals surface area contributed by atoms with Crippen LogP contribution in [0.2, 0.25) is 0 Å². The predicted molar refractivity (Wildman–Crippen MR) is 93.4 cm³/mol. The summed E-state index contributed by atoms with van der Waals surface area (Å²) in [6.07, 6.45) is 0. The average molecular weight is 358 g/mol. The second kappa shape index (κ2) is 7.22. The van der Waals surface area contributed by atoms with E-state index in [1.165, 1.54) is 23.9 Å². The Hall–Kier alpha value is -3.07. The number of thioether (sulfide) groups is 1. The van der Waals surface area contributed by atoms with Crippen LogP contribution in [-0.2, 0) is 5.75 Å². The largest absolute Gasteiger partial charge is 0.497 e. The fraction of sp³-hybridized carbons (Fsp3) is 0.125. The molecule has 25 heavy (non-hydrogen) atoms. The topological polar surface area (TPSA) is 117 Å². The highest BCUT2D eigenvalue weighted by molar-refractivity contribution is 7.98. The Balaban J connectivity index is 1.72. The first-order valence-electron chi connectivity index (χ1n) is 7.20. The number of nitrogen functional groups attached to an aromatic ring is 1. The second-order valence-electron chi connectivity index (χ2n) is 5.08. The molecule has 0 aliphatic rings. The van der Waals surface area contributed by atoms with Crippen LogP contribution in [0.1, 0.15) is 5.56 Å². The van der Waals surface area contributed by atoms with Gasteiger partial charge in [-0.25, -0.2) is 0 Å². The molecule has 0 aliphatic heterocycles. The van der Waals surface area contributed by atoms with Gasteiger partial charge in [-0.2, -0.15) is 0 Å². The monoisotopic (exact) mass is 358 g/mol. The molecule has 8 nitrogen and oxygen atoms in total. The number of ether oxygens (including phenoxy) is 1. The fourth-order valence-electron chi connectivity index (χ4n) is 2.12. The maximum absolute atomic E-state index is 10.9. The second-order valence-corrected chi connectivity index (χ2v) is 6.01. The minimum absolute atomic E-state index is 0.124. The Labute approximate surface area is 147 Å². The van der Waals surface area contributed by atoms with Crippen LogP contribution in [-0.4, -0.2) is 22.2 Å². The molecule has 3 rings (SSSR count). The lowest BCUT2D eigenvalue weighted by atomic mass is 10.2. The molecule has 0 radical (unpaired) electrons. The first-order valence-corrected chi connectivity index (χ1v) is 8.18. The van der Waals surface area contributed by atoms with Gasteiger partial charge in [0, 0.05) is 29.1 Å². The van der Waals surface area contributed by atoms with Gasteiger partial charge >= 0.3 is 0 Å². The minimum Gasteiger partial charge on any atom is -0.497 e. The Kier molecular flexibility index (Phi) is 4.85. The summed E-state index contributed by atoms with van der Waals surface area (Å²) in [5.74, 6) is 1.62. The summed E-state index contributed by atoms with van der Waals surface area (Å²) in [5.41, 5.74) is 7.31. The van der Waals surface area contributed by atoms with Crippen molar-refractivity contribution in [1.29, 1.82) is 0 Å². The van der Waals surface area contributed by atoms with Gasteiger partial charge in [0.1, 0.15) is 5.75 Å². The van der Waals surface area contributed by atoms with Gasteiger partial charge in [0.15, 0.2) is 0 Å². The van der Waals surface area contributed by atoms with Crippen molar-refractivity contribution in [3.05, 3.63) is 58.1 Å². The van der Waals surface area contributed by atoms with Crippen LogP contribution in [0, 0.1) is 10.1 Å². The zero-order valence-electron chi connectivity index (χ0n) is 13.2. The highest BCUT2D eigenvalue weighted by atomic mass is 32.2. The lowest BCUT2D eigenvalue weighted by molar-refractivity contribution is -0.384. The number of non-ortho nitro benzene ring substituents is 1. The van der Waals surface area contributed by atoms with Gasteiger partial charge in [-0.15, -0.1) is 10.2 Å². The Bertz CT molecular complexity index is 895. The van der Waals surface area contributed by atoms with Crippen LogP contribution in [0.5, 0.6) is 5.75 Å². The summed E-state index contributed by atoms with van der Waals surface area (Å²) in [4.78, 5) is 10.4. The number of aromatic nitrogens is 2. The number of hydrogen-bond acceptors (Lipinski definition) is 8. The fourth-order valence-corrected chi connectivity index (χ4v) is 2.83. The molecule has 0 atom stereocenters. The first kappa shape index (κ1) is 16.8. The molecule has 0 bridgehead atoms. The smallest absolute Gasteiger partial charge is 0.277 e. The summed E-state index contributed by atoms with van der Waals surface area (Å²) < 4.78 is 10.7. The van der Waals surface area contributed by atoms with Gasteiger partial charge in [0.05, 0.1) is 12.0 Å². The van der Waals surface area contributed by atoms with Crippen molar-refractivity contribution in [3.8, 4) is 17.2 Å². The van der Waals surface area contributed by atoms with Crippen LogP contribution < -0.4 is 10.5 Å². The van der Waals surface area contributed by atoms with Gasteiger partial charge in [-0.3, -0.25) is 10.1 Å². The zero-order chi connectivity index (χ0) is 17.8. The molecule has 2 N–H and O–H groups in total. The van der Waals surface area contributed by atoms with Crippen molar-refractivity contribution in [2.45, 2.75) is 11.0 Å². The van der Waals surface area contributed by atoms with Gasteiger partial charge in [0.2, 0.25) is 5.89 Å². The number of hydrogen-bond donors (Lipinski definition) is 1. The number of nitro groups is 1. The van der Waals surface area contributed by atoms with Crippen molar-refractivity contribution in [1.82, 2.24) is 10.2 Å². The number of nitrogens with zero attached hydrogens (tertiary/aromatic N) is 3. The predicted octanol–water partition coefficient (Wildman–Crippen LogP) is 3.53. The molecule has 2 aromatic carbocycles. The lowest BCUT2D eigenvalue weighted by Crippen LogP contribution is -1.92. The average Bonchev–Trinajstić information content (AvgIpc) is 3.09. The normalized spacial score (nSPS) is 10.6. The lowest BCUT2D eigenvalue weighted by Gasteiger charge is -2.01. The van der Waals surface area contributed by atoms with E-state index in [4.69, 9.17) is 14.9 Å². The highest BCUT2D eigenvalue weighted by Crippen LogP contribution is 2.29. The molecule has 128 valence electrons. The third-order valence-corrected chi connectivity index (χ3v) is 4.22. The zero-order valence-corrected chi connectivity index (χ0v) is 14.0. The van der Waals surface area contributed by atoms with Crippen molar-refractivity contribution >= 4 is 23.1 Å². The Morgan fingerprint density at radius 2 is 2.00 bits per heavy atom. The highest BCUT2D eigenvalue weighted by Gasteiger charge is 2.15. The summed E-state index contributed by atoms with van der Waals surface area (Å²) in [7, 11) is 1.62. The minimum atomic E-state index is -0.518. The van der Waals surface area contributed by atoms with Crippen molar-refractivity contribution in [2.24, 2.45) is 0 Å². The molecule has 0 spiro atoms. The van der Waals surface area contributed by atoms with E-state index < -0.39 is 4.92 Å². The van der Waals surface area contributed by atoms with Crippen molar-refractivity contribution in [3.63, 3.8) is 0 Å². The van der Waals surface area contributed by atoms with E-state index in [-0.39, 0.29) is 17.3 Å². The van der Waals surface area contributed by atoms with Crippen LogP contribution in [0.4, 0.5) is 11.4 Å². The van der Waals surface area contributed by atoms with E-state index in [1.54, 1.807) is 13.2 Å². The molecule has 3 aromatic rings. The van der Waals surface area contributed by atoms with E-state index in [0.717, 1.165) is 11.3 Å². The van der Waals surface area contributed by atoms with Gasteiger partial charge in [-0.1, -0.05) is 23.9 Å². The standard InChI is InChI=1S/C16H14N4O4S/c1-23-14-4-2-10(3-5-14)9-25-16-19-18-15(24-16)11-6-12(17)8-13(7-11)20(21)22/h2-8H,9,17H2,1H3. The van der Waals surface area contributed by atoms with Gasteiger partial charge in [-0.05, 0) is 23.8 Å². The van der Waals surface area contributed by atoms with Crippen LogP contribution in [0.15, 0.2) is 52.1 Å². The maximum atomic E-state index is 10.9. The van der Waals surface area contributed by atoms with E-state index in [2.05, 4.69) is 10.2 Å².